The van der Waals surface area contributed by atoms with E-state index in [2.05, 4.69) is 26.6 Å². The van der Waals surface area contributed by atoms with E-state index in [1.54, 1.807) is 60.7 Å². The van der Waals surface area contributed by atoms with Crippen molar-refractivity contribution >= 4 is 65.2 Å². The first-order valence-electron chi connectivity index (χ1n) is 16.3. The van der Waals surface area contributed by atoms with Crippen LogP contribution in [0.15, 0.2) is 72.8 Å². The van der Waals surface area contributed by atoms with Gasteiger partial charge in [0.05, 0.1) is 13.2 Å². The van der Waals surface area contributed by atoms with Crippen molar-refractivity contribution in [2.45, 2.75) is 30.8 Å². The van der Waals surface area contributed by atoms with Crippen molar-refractivity contribution in [1.29, 1.82) is 10.8 Å². The number of nitrogens with one attached hydrogen (secondary N) is 7. The number of carboxylic acid groups (broad SMARTS) is 1. The first kappa shape index (κ1) is 41.2. The predicted octanol–water partition coefficient (Wildman–Crippen LogP) is 1.10. The minimum absolute atomic E-state index is 0. The number of piperazine rings is 1. The highest BCUT2D eigenvalue weighted by Crippen LogP contribution is 2.25. The summed E-state index contributed by atoms with van der Waals surface area (Å²) in [7, 11) is 1.51. The number of guanidine groups is 2. The van der Waals surface area contributed by atoms with E-state index in [9.17, 15) is 29.1 Å². The highest BCUT2D eigenvalue weighted by molar-refractivity contribution is 6.14. The summed E-state index contributed by atoms with van der Waals surface area (Å²) < 4.78 is 5.25. The number of benzene rings is 3. The minimum Gasteiger partial charge on any atom is -0.497 e. The molecule has 0 aliphatic carbocycles. The van der Waals surface area contributed by atoms with Crippen LogP contribution in [-0.4, -0.2) is 96.3 Å². The van der Waals surface area contributed by atoms with Gasteiger partial charge in [-0.15, -0.1) is 12.4 Å². The van der Waals surface area contributed by atoms with Gasteiger partial charge in [-0.2, -0.15) is 0 Å². The van der Waals surface area contributed by atoms with Gasteiger partial charge in [-0.3, -0.25) is 40.1 Å². The van der Waals surface area contributed by atoms with E-state index >= 15 is 0 Å². The number of carbonyl (C=O) groups excluding carboxylic acids is 4. The Labute approximate surface area is 311 Å². The standard InChI is InChI=1S/C35H42N10O7.ClH/c1-52-26-13-3-21(4-14-26)19-27(44-31(50)23-7-11-25(12-8-23)43-34(38)39)29(48)35(32(51)45(18-17-41-35)20-28(46)47)15-2-16-40-30(49)22-5-9-24(10-6-22)42-33(36)37;/h3-14,27,41H,2,15-20H2,1H3,(H,40,49)(H,44,50)(H,46,47)(H4,36,37,42)(H4,38,39,43);1H. The van der Waals surface area contributed by atoms with Gasteiger partial charge < -0.3 is 47.5 Å². The topological polar surface area (TPSA) is 278 Å². The molecular weight excluding hydrogens is 708 g/mol. The number of amides is 3. The highest BCUT2D eigenvalue weighted by Gasteiger charge is 2.52. The molecular formula is C35H43ClN10O7. The third-order valence-electron chi connectivity index (χ3n) is 8.29. The normalized spacial score (nSPS) is 15.6. The highest BCUT2D eigenvalue weighted by atomic mass is 35.5. The number of Topliss-reactive ketones (excluding diaryl/α,β-unsaturated/α-hetero) is 1. The lowest BCUT2D eigenvalue weighted by Gasteiger charge is -2.42. The Kier molecular flexibility index (Phi) is 14.7. The molecule has 1 fully saturated rings. The second-order valence-electron chi connectivity index (χ2n) is 12.0. The average Bonchev–Trinajstić information content (AvgIpc) is 3.11. The Morgan fingerprint density at radius 3 is 1.96 bits per heavy atom. The molecule has 0 aromatic heterocycles. The van der Waals surface area contributed by atoms with Crippen LogP contribution in [0, 0.1) is 10.8 Å². The molecule has 0 radical (unpaired) electrons. The maximum atomic E-state index is 14.7. The molecule has 3 aromatic rings. The fraction of sp³-hybridized carbons (Fsp3) is 0.286. The molecule has 1 aliphatic heterocycles. The van der Waals surface area contributed by atoms with Gasteiger partial charge in [0, 0.05) is 42.1 Å². The van der Waals surface area contributed by atoms with Gasteiger partial charge in [-0.05, 0) is 85.5 Å². The number of anilines is 2. The van der Waals surface area contributed by atoms with Gasteiger partial charge in [0.1, 0.15) is 12.3 Å². The first-order chi connectivity index (χ1) is 24.8. The fourth-order valence-corrected chi connectivity index (χ4v) is 5.80. The summed E-state index contributed by atoms with van der Waals surface area (Å²) in [5.41, 5.74) is 11.0. The number of hydrogen-bond donors (Lipinski definition) is 10. The van der Waals surface area contributed by atoms with Crippen LogP contribution in [-0.2, 0) is 20.8 Å². The maximum absolute atomic E-state index is 14.7. The van der Waals surface area contributed by atoms with Gasteiger partial charge in [0.15, 0.2) is 23.2 Å². The van der Waals surface area contributed by atoms with Crippen molar-refractivity contribution in [3.63, 3.8) is 0 Å². The van der Waals surface area contributed by atoms with Crippen LogP contribution in [0.2, 0.25) is 0 Å². The largest absolute Gasteiger partial charge is 0.497 e. The molecule has 17 nitrogen and oxygen atoms in total. The number of ketones is 1. The molecule has 2 unspecified atom stereocenters. The van der Waals surface area contributed by atoms with Crippen LogP contribution < -0.4 is 42.8 Å². The molecule has 1 aliphatic rings. The molecule has 18 heteroatoms. The molecule has 12 N–H and O–H groups in total. The molecule has 1 heterocycles. The van der Waals surface area contributed by atoms with E-state index in [1.165, 1.54) is 19.2 Å². The number of hydrogen-bond acceptors (Lipinski definition) is 9. The molecule has 0 bridgehead atoms. The number of methoxy groups -OCH3 is 1. The van der Waals surface area contributed by atoms with Crippen molar-refractivity contribution in [2.75, 3.05) is 43.9 Å². The van der Waals surface area contributed by atoms with E-state index in [4.69, 9.17) is 27.0 Å². The summed E-state index contributed by atoms with van der Waals surface area (Å²) in [5.74, 6) is -3.67. The number of ether oxygens (including phenoxy) is 1. The summed E-state index contributed by atoms with van der Waals surface area (Å²) in [6.07, 6.45) is -0.00273. The van der Waals surface area contributed by atoms with E-state index < -0.39 is 47.6 Å². The first-order valence-corrected chi connectivity index (χ1v) is 16.3. The number of halogens is 1. The zero-order chi connectivity index (χ0) is 37.8. The number of rotatable bonds is 16. The maximum Gasteiger partial charge on any atom is 0.323 e. The van der Waals surface area contributed by atoms with Crippen molar-refractivity contribution in [3.05, 3.63) is 89.5 Å². The smallest absolute Gasteiger partial charge is 0.323 e. The summed E-state index contributed by atoms with van der Waals surface area (Å²) in [5, 5.41) is 38.1. The molecule has 0 spiro atoms. The monoisotopic (exact) mass is 750 g/mol. The Bertz CT molecular complexity index is 1810. The van der Waals surface area contributed by atoms with Crippen molar-refractivity contribution in [2.24, 2.45) is 11.5 Å². The van der Waals surface area contributed by atoms with Crippen LogP contribution in [0.5, 0.6) is 5.75 Å². The molecule has 3 aromatic carbocycles. The summed E-state index contributed by atoms with van der Waals surface area (Å²) in [4.78, 5) is 68.1. The Morgan fingerprint density at radius 2 is 1.45 bits per heavy atom. The Balaban J connectivity index is 0.00000756. The molecule has 53 heavy (non-hydrogen) atoms. The van der Waals surface area contributed by atoms with Crippen LogP contribution in [0.4, 0.5) is 11.4 Å². The molecule has 3 amide bonds. The van der Waals surface area contributed by atoms with E-state index in [-0.39, 0.29) is 68.8 Å². The molecule has 282 valence electrons. The summed E-state index contributed by atoms with van der Waals surface area (Å²) in [6, 6.07) is 17.9. The number of nitrogens with two attached hydrogens (primary N) is 2. The number of carbonyl (C=O) groups is 5. The number of aliphatic carboxylic acids is 1. The van der Waals surface area contributed by atoms with Gasteiger partial charge in [-0.25, -0.2) is 0 Å². The van der Waals surface area contributed by atoms with Crippen LogP contribution in [0.3, 0.4) is 0 Å². The molecule has 2 atom stereocenters. The lowest BCUT2D eigenvalue weighted by Crippen LogP contribution is -2.71. The quantitative estimate of drug-likeness (QED) is 0.0427. The average molecular weight is 751 g/mol. The van der Waals surface area contributed by atoms with Gasteiger partial charge in [0.2, 0.25) is 0 Å². The summed E-state index contributed by atoms with van der Waals surface area (Å²) >= 11 is 0. The number of carboxylic acids is 1. The fourth-order valence-electron chi connectivity index (χ4n) is 5.80. The van der Waals surface area contributed by atoms with Crippen LogP contribution >= 0.6 is 12.4 Å². The second-order valence-corrected chi connectivity index (χ2v) is 12.0. The predicted molar refractivity (Wildman–Crippen MR) is 201 cm³/mol. The van der Waals surface area contributed by atoms with E-state index in [0.717, 1.165) is 4.90 Å². The van der Waals surface area contributed by atoms with Crippen LogP contribution in [0.25, 0.3) is 0 Å². The zero-order valence-corrected chi connectivity index (χ0v) is 29.7. The third-order valence-corrected chi connectivity index (χ3v) is 8.29. The molecule has 0 saturated carbocycles. The van der Waals surface area contributed by atoms with E-state index in [0.29, 0.717) is 28.3 Å². The lowest BCUT2D eigenvalue weighted by molar-refractivity contribution is -0.154. The van der Waals surface area contributed by atoms with Crippen molar-refractivity contribution in [1.82, 2.24) is 20.9 Å². The molecule has 4 rings (SSSR count). The lowest BCUT2D eigenvalue weighted by atomic mass is 9.80. The molecule has 1 saturated heterocycles. The van der Waals surface area contributed by atoms with Gasteiger partial charge in [-0.1, -0.05) is 12.1 Å². The number of nitrogens with zero attached hydrogens (tertiary/aromatic N) is 1. The SMILES string of the molecule is COc1ccc(CC(NC(=O)c2ccc(NC(=N)N)cc2)C(=O)C2(CCCNC(=O)c3ccc(NC(=N)N)cc3)NCCN(CC(=O)O)C2=O)cc1.Cl. The van der Waals surface area contributed by atoms with Crippen molar-refractivity contribution in [3.8, 4) is 5.75 Å². The summed E-state index contributed by atoms with van der Waals surface area (Å²) in [6.45, 7) is -0.421. The Morgan fingerprint density at radius 1 is 0.906 bits per heavy atom. The Hall–Kier alpha value is -6.20. The second kappa shape index (κ2) is 18.9. The van der Waals surface area contributed by atoms with Crippen molar-refractivity contribution < 1.29 is 33.8 Å². The van der Waals surface area contributed by atoms with Gasteiger partial charge >= 0.3 is 5.97 Å². The third kappa shape index (κ3) is 11.1. The van der Waals surface area contributed by atoms with E-state index in [1.807, 2.05) is 0 Å². The zero-order valence-electron chi connectivity index (χ0n) is 28.9. The van der Waals surface area contributed by atoms with Gasteiger partial charge in [0.25, 0.3) is 17.7 Å². The minimum atomic E-state index is -1.93. The van der Waals surface area contributed by atoms with Crippen LogP contribution in [0.1, 0.15) is 39.1 Å².